The van der Waals surface area contributed by atoms with E-state index in [9.17, 15) is 9.59 Å². The van der Waals surface area contributed by atoms with Gasteiger partial charge in [0.05, 0.1) is 26.4 Å². The van der Waals surface area contributed by atoms with Gasteiger partial charge in [-0.3, -0.25) is 9.59 Å². The molecule has 2 aromatic rings. The summed E-state index contributed by atoms with van der Waals surface area (Å²) in [5, 5.41) is 0. The Kier molecular flexibility index (Phi) is 3.70. The van der Waals surface area contributed by atoms with Gasteiger partial charge in [0.2, 0.25) is 0 Å². The van der Waals surface area contributed by atoms with Gasteiger partial charge in [0.25, 0.3) is 0 Å². The quantitative estimate of drug-likeness (QED) is 0.394. The number of hydrogen-bond donors (Lipinski definition) is 0. The van der Waals surface area contributed by atoms with E-state index >= 15 is 0 Å². The van der Waals surface area contributed by atoms with Gasteiger partial charge in [0.15, 0.2) is 11.2 Å². The molecule has 2 aliphatic rings. The van der Waals surface area contributed by atoms with Crippen LogP contribution < -0.4 is 5.43 Å². The number of rotatable bonds is 2. The van der Waals surface area contributed by atoms with Crippen molar-refractivity contribution in [2.75, 3.05) is 0 Å². The molecule has 0 spiro atoms. The van der Waals surface area contributed by atoms with Gasteiger partial charge in [0.1, 0.15) is 0 Å². The molecule has 0 atom stereocenters. The Morgan fingerprint density at radius 1 is 0.920 bits per heavy atom. The van der Waals surface area contributed by atoms with Crippen LogP contribution in [0.5, 0.6) is 0 Å². The molecule has 122 valence electrons. The molecule has 25 heavy (non-hydrogen) atoms. The minimum Gasteiger partial charge on any atom is -0.289 e. The molecule has 4 rings (SSSR count). The Bertz CT molecular complexity index is 1150. The number of benzene rings is 3. The monoisotopic (exact) mass is 345 g/mol. The summed E-state index contributed by atoms with van der Waals surface area (Å²) in [5.41, 5.74) is 3.58. The minimum absolute atomic E-state index is 0.202. The Morgan fingerprint density at radius 2 is 1.60 bits per heavy atom. The first-order valence-electron chi connectivity index (χ1n) is 8.00. The van der Waals surface area contributed by atoms with Crippen LogP contribution >= 0.6 is 11.3 Å². The highest BCUT2D eigenvalue weighted by Crippen LogP contribution is 2.36. The largest absolute Gasteiger partial charge is 0.289 e. The van der Waals surface area contributed by atoms with E-state index < -0.39 is 0 Å². The summed E-state index contributed by atoms with van der Waals surface area (Å²) in [5.74, 6) is -0.243. The van der Waals surface area contributed by atoms with Crippen LogP contribution in [0.1, 0.15) is 27.0 Å². The molecule has 1 aliphatic carbocycles. The van der Waals surface area contributed by atoms with Crippen molar-refractivity contribution in [3.8, 4) is 10.6 Å². The minimum atomic E-state index is -0.243. The molecule has 0 saturated carbocycles. The summed E-state index contributed by atoms with van der Waals surface area (Å²) >= 11 is 1.45. The second kappa shape index (κ2) is 5.90. The zero-order valence-corrected chi connectivity index (χ0v) is 14.7. The maximum atomic E-state index is 13.1. The number of nitrogens with zero attached hydrogens (tertiary/aromatic N) is 1. The summed E-state index contributed by atoms with van der Waals surface area (Å²) in [6.45, 7) is 3.66. The first kappa shape index (κ1) is 15.7. The first-order chi connectivity index (χ1) is 12.1. The molecule has 0 aromatic heterocycles. The molecule has 0 N–H and O–H groups in total. The van der Waals surface area contributed by atoms with Gasteiger partial charge in [0, 0.05) is 11.1 Å². The average molecular weight is 345 g/mol. The van der Waals surface area contributed by atoms with Crippen LogP contribution in [0.3, 0.4) is 0 Å². The van der Waals surface area contributed by atoms with Gasteiger partial charge in [-0.25, -0.2) is 4.98 Å². The summed E-state index contributed by atoms with van der Waals surface area (Å²) in [6, 6.07) is 16.7. The van der Waals surface area contributed by atoms with Gasteiger partial charge in [-0.15, -0.1) is 11.3 Å². The van der Waals surface area contributed by atoms with Crippen molar-refractivity contribution in [3.63, 3.8) is 0 Å². The van der Waals surface area contributed by atoms with E-state index in [1.165, 1.54) is 11.3 Å². The van der Waals surface area contributed by atoms with Gasteiger partial charge in [-0.2, -0.15) is 0 Å². The Labute approximate surface area is 148 Å². The standard InChI is InChI=1S/C21H15NO2S/c1-12-13(2)19(23)17(20(24)14-8-4-3-5-9-14)21-18(12)22-15-10-6-7-11-16(15)25-21/h3-11H,1-2H3. The summed E-state index contributed by atoms with van der Waals surface area (Å²) in [7, 11) is 0. The molecule has 0 saturated heterocycles. The van der Waals surface area contributed by atoms with Crippen LogP contribution in [0.25, 0.3) is 20.8 Å². The summed E-state index contributed by atoms with van der Waals surface area (Å²) < 4.78 is 0.958. The summed E-state index contributed by atoms with van der Waals surface area (Å²) in [4.78, 5) is 31.4. The highest BCUT2D eigenvalue weighted by molar-refractivity contribution is 7.21. The van der Waals surface area contributed by atoms with Crippen molar-refractivity contribution in [1.29, 1.82) is 0 Å². The van der Waals surface area contributed by atoms with Crippen molar-refractivity contribution < 1.29 is 4.79 Å². The van der Waals surface area contributed by atoms with Crippen LogP contribution in [0.4, 0.5) is 0 Å². The molecule has 2 aromatic carbocycles. The average Bonchev–Trinajstić information content (AvgIpc) is 2.66. The van der Waals surface area contributed by atoms with Crippen molar-refractivity contribution in [2.24, 2.45) is 0 Å². The molecular weight excluding hydrogens is 330 g/mol. The van der Waals surface area contributed by atoms with Gasteiger partial charge >= 0.3 is 0 Å². The fraction of sp³-hybridized carbons (Fsp3) is 0.0952. The molecule has 0 unspecified atom stereocenters. The highest BCUT2D eigenvalue weighted by atomic mass is 32.1. The maximum absolute atomic E-state index is 13.1. The van der Waals surface area contributed by atoms with Crippen molar-refractivity contribution >= 4 is 27.3 Å². The molecule has 0 radical (unpaired) electrons. The van der Waals surface area contributed by atoms with Gasteiger partial charge in [-0.05, 0) is 31.5 Å². The molecule has 0 fully saturated rings. The lowest BCUT2D eigenvalue weighted by atomic mass is 9.94. The zero-order chi connectivity index (χ0) is 17.6. The number of carbonyl (C=O) groups excluding carboxylic acids is 1. The molecule has 1 heterocycles. The van der Waals surface area contributed by atoms with Gasteiger partial charge < -0.3 is 0 Å². The van der Waals surface area contributed by atoms with E-state index in [0.29, 0.717) is 16.0 Å². The van der Waals surface area contributed by atoms with Crippen molar-refractivity contribution in [3.05, 3.63) is 87.1 Å². The van der Waals surface area contributed by atoms with E-state index in [2.05, 4.69) is 0 Å². The Hall–Kier alpha value is -2.85. The van der Waals surface area contributed by atoms with E-state index in [0.717, 1.165) is 21.5 Å². The number of aromatic nitrogens is 1. The number of ketones is 1. The molecular formula is C21H15NO2S. The smallest absolute Gasteiger partial charge is 0.198 e. The lowest BCUT2D eigenvalue weighted by Gasteiger charge is -2.15. The summed E-state index contributed by atoms with van der Waals surface area (Å²) in [6.07, 6.45) is 0. The van der Waals surface area contributed by atoms with E-state index in [-0.39, 0.29) is 16.8 Å². The van der Waals surface area contributed by atoms with Crippen LogP contribution in [0.2, 0.25) is 0 Å². The number of para-hydroxylation sites is 1. The zero-order valence-electron chi connectivity index (χ0n) is 13.9. The highest BCUT2D eigenvalue weighted by Gasteiger charge is 2.26. The number of fused-ring (bicyclic) bond motifs is 2. The first-order valence-corrected chi connectivity index (χ1v) is 8.82. The molecule has 0 bridgehead atoms. The maximum Gasteiger partial charge on any atom is 0.198 e. The predicted molar refractivity (Wildman–Crippen MR) is 102 cm³/mol. The third-order valence-corrected chi connectivity index (χ3v) is 5.67. The van der Waals surface area contributed by atoms with E-state index in [4.69, 9.17) is 4.98 Å². The van der Waals surface area contributed by atoms with Gasteiger partial charge in [-0.1, -0.05) is 42.5 Å². The third-order valence-electron chi connectivity index (χ3n) is 4.50. The normalized spacial score (nSPS) is 11.1. The topological polar surface area (TPSA) is 47.0 Å². The van der Waals surface area contributed by atoms with E-state index in [1.807, 2.05) is 37.3 Å². The number of carbonyl (C=O) groups is 1. The molecule has 1 aliphatic heterocycles. The molecule has 0 amide bonds. The Morgan fingerprint density at radius 3 is 2.36 bits per heavy atom. The van der Waals surface area contributed by atoms with Crippen molar-refractivity contribution in [1.82, 2.24) is 4.98 Å². The fourth-order valence-electron chi connectivity index (χ4n) is 2.97. The third kappa shape index (κ3) is 2.46. The van der Waals surface area contributed by atoms with Crippen LogP contribution in [0, 0.1) is 13.8 Å². The lowest BCUT2D eigenvalue weighted by Crippen LogP contribution is -2.21. The van der Waals surface area contributed by atoms with E-state index in [1.54, 1.807) is 31.2 Å². The van der Waals surface area contributed by atoms with Crippen LogP contribution in [-0.4, -0.2) is 10.8 Å². The second-order valence-electron chi connectivity index (χ2n) is 6.01. The second-order valence-corrected chi connectivity index (χ2v) is 7.06. The van der Waals surface area contributed by atoms with Crippen LogP contribution in [0.15, 0.2) is 59.4 Å². The SMILES string of the molecule is Cc1c2nc3ccccc3sc-2c(C(=O)c2ccccc2)c(=O)c1C. The molecule has 3 nitrogen and oxygen atoms in total. The molecule has 4 heteroatoms. The predicted octanol–water partition coefficient (Wildman–Crippen LogP) is 4.61. The number of hydrogen-bond acceptors (Lipinski definition) is 4. The van der Waals surface area contributed by atoms with Crippen molar-refractivity contribution in [2.45, 2.75) is 13.8 Å². The lowest BCUT2D eigenvalue weighted by molar-refractivity contribution is 0.103. The van der Waals surface area contributed by atoms with Crippen LogP contribution in [-0.2, 0) is 0 Å². The fourth-order valence-corrected chi connectivity index (χ4v) is 4.14. The Balaban J connectivity index is 2.12.